The maximum absolute atomic E-state index is 4.61. The summed E-state index contributed by atoms with van der Waals surface area (Å²) in [6, 6.07) is 0.686. The Kier molecular flexibility index (Phi) is 5.46. The van der Waals surface area contributed by atoms with Crippen molar-refractivity contribution >= 4 is 15.9 Å². The van der Waals surface area contributed by atoms with Crippen molar-refractivity contribution in [1.82, 2.24) is 15.1 Å². The van der Waals surface area contributed by atoms with Gasteiger partial charge < -0.3 is 5.32 Å². The molecule has 4 heteroatoms. The van der Waals surface area contributed by atoms with Crippen molar-refractivity contribution < 1.29 is 0 Å². The smallest absolute Gasteiger partial charge is 0.0766 e. The van der Waals surface area contributed by atoms with Gasteiger partial charge in [0.05, 0.1) is 15.9 Å². The number of hydrogen-bond acceptors (Lipinski definition) is 2. The number of nitrogens with zero attached hydrogens (tertiary/aromatic N) is 2. The predicted octanol–water partition coefficient (Wildman–Crippen LogP) is 3.46. The minimum atomic E-state index is 0.686. The van der Waals surface area contributed by atoms with Crippen molar-refractivity contribution in [2.75, 3.05) is 6.54 Å². The molecule has 0 radical (unpaired) electrons. The van der Waals surface area contributed by atoms with Gasteiger partial charge in [-0.3, -0.25) is 4.68 Å². The van der Waals surface area contributed by atoms with E-state index in [0.717, 1.165) is 25.3 Å². The Morgan fingerprint density at radius 2 is 2.05 bits per heavy atom. The SMILES string of the molecule is CCNC1CCCCC1Cc1c(Br)c(CC)nn1C. The summed E-state index contributed by atoms with van der Waals surface area (Å²) < 4.78 is 3.30. The lowest BCUT2D eigenvalue weighted by Crippen LogP contribution is -2.39. The van der Waals surface area contributed by atoms with Crippen LogP contribution in [0.25, 0.3) is 0 Å². The second-order valence-corrected chi connectivity index (χ2v) is 6.39. The lowest BCUT2D eigenvalue weighted by atomic mass is 9.81. The number of halogens is 1. The van der Waals surface area contributed by atoms with Crippen LogP contribution in [0, 0.1) is 5.92 Å². The Morgan fingerprint density at radius 3 is 2.68 bits per heavy atom. The predicted molar refractivity (Wildman–Crippen MR) is 83.4 cm³/mol. The summed E-state index contributed by atoms with van der Waals surface area (Å²) in [6.45, 7) is 5.45. The van der Waals surface area contributed by atoms with Crippen LogP contribution >= 0.6 is 15.9 Å². The second kappa shape index (κ2) is 6.89. The van der Waals surface area contributed by atoms with Crippen molar-refractivity contribution in [3.8, 4) is 0 Å². The van der Waals surface area contributed by atoms with Crippen LogP contribution in [0.15, 0.2) is 4.47 Å². The molecule has 0 aliphatic heterocycles. The van der Waals surface area contributed by atoms with E-state index in [2.05, 4.69) is 51.9 Å². The normalized spacial score (nSPS) is 23.8. The zero-order chi connectivity index (χ0) is 13.8. The fraction of sp³-hybridized carbons (Fsp3) is 0.800. The van der Waals surface area contributed by atoms with Gasteiger partial charge in [0, 0.05) is 13.1 Å². The van der Waals surface area contributed by atoms with Gasteiger partial charge in [-0.25, -0.2) is 0 Å². The van der Waals surface area contributed by atoms with Crippen LogP contribution < -0.4 is 5.32 Å². The average Bonchev–Trinajstić information content (AvgIpc) is 2.68. The third-order valence-electron chi connectivity index (χ3n) is 4.33. The van der Waals surface area contributed by atoms with E-state index in [1.807, 2.05) is 0 Å². The zero-order valence-electron chi connectivity index (χ0n) is 12.4. The highest BCUT2D eigenvalue weighted by atomic mass is 79.9. The zero-order valence-corrected chi connectivity index (χ0v) is 14.0. The molecule has 2 atom stereocenters. The van der Waals surface area contributed by atoms with Crippen LogP contribution in [0.5, 0.6) is 0 Å². The Bertz CT molecular complexity index is 412. The fourth-order valence-electron chi connectivity index (χ4n) is 3.27. The first-order chi connectivity index (χ1) is 9.17. The van der Waals surface area contributed by atoms with Crippen LogP contribution in [0.4, 0.5) is 0 Å². The highest BCUT2D eigenvalue weighted by Crippen LogP contribution is 2.31. The molecule has 0 spiro atoms. The van der Waals surface area contributed by atoms with E-state index in [4.69, 9.17) is 0 Å². The molecule has 0 aromatic carbocycles. The molecule has 1 saturated carbocycles. The van der Waals surface area contributed by atoms with Crippen molar-refractivity contribution in [2.45, 2.75) is 58.4 Å². The van der Waals surface area contributed by atoms with Crippen LogP contribution in [0.1, 0.15) is 50.9 Å². The molecule has 1 aromatic heterocycles. The van der Waals surface area contributed by atoms with E-state index in [1.54, 1.807) is 0 Å². The first-order valence-electron chi connectivity index (χ1n) is 7.61. The molecule has 108 valence electrons. The van der Waals surface area contributed by atoms with Crippen LogP contribution in [-0.4, -0.2) is 22.4 Å². The van der Waals surface area contributed by atoms with Gasteiger partial charge in [-0.1, -0.05) is 26.7 Å². The number of aromatic nitrogens is 2. The van der Waals surface area contributed by atoms with Gasteiger partial charge >= 0.3 is 0 Å². The number of hydrogen-bond donors (Lipinski definition) is 1. The molecule has 1 aromatic rings. The molecule has 1 heterocycles. The summed E-state index contributed by atoms with van der Waals surface area (Å²) in [7, 11) is 2.07. The second-order valence-electron chi connectivity index (χ2n) is 5.60. The summed E-state index contributed by atoms with van der Waals surface area (Å²) in [4.78, 5) is 0. The van der Waals surface area contributed by atoms with Gasteiger partial charge in [-0.05, 0) is 54.1 Å². The van der Waals surface area contributed by atoms with Crippen LogP contribution in [-0.2, 0) is 19.9 Å². The van der Waals surface area contributed by atoms with Gasteiger partial charge in [0.1, 0.15) is 0 Å². The molecular weight excluding hydrogens is 302 g/mol. The monoisotopic (exact) mass is 327 g/mol. The molecule has 1 fully saturated rings. The maximum Gasteiger partial charge on any atom is 0.0766 e. The third-order valence-corrected chi connectivity index (χ3v) is 5.25. The Hall–Kier alpha value is -0.350. The van der Waals surface area contributed by atoms with Crippen LogP contribution in [0.2, 0.25) is 0 Å². The van der Waals surface area contributed by atoms with E-state index in [-0.39, 0.29) is 0 Å². The Labute approximate surface area is 125 Å². The van der Waals surface area contributed by atoms with E-state index < -0.39 is 0 Å². The topological polar surface area (TPSA) is 29.9 Å². The van der Waals surface area contributed by atoms with Crippen molar-refractivity contribution in [2.24, 2.45) is 13.0 Å². The molecular formula is C15H26BrN3. The fourth-order valence-corrected chi connectivity index (χ4v) is 4.05. The van der Waals surface area contributed by atoms with Gasteiger partial charge in [0.2, 0.25) is 0 Å². The summed E-state index contributed by atoms with van der Waals surface area (Å²) >= 11 is 3.74. The molecule has 2 rings (SSSR count). The number of nitrogens with one attached hydrogen (secondary N) is 1. The molecule has 0 bridgehead atoms. The van der Waals surface area contributed by atoms with Crippen molar-refractivity contribution in [1.29, 1.82) is 0 Å². The summed E-state index contributed by atoms with van der Waals surface area (Å²) in [5.41, 5.74) is 2.56. The quantitative estimate of drug-likeness (QED) is 0.897. The Balaban J connectivity index is 2.12. The van der Waals surface area contributed by atoms with E-state index in [0.29, 0.717) is 6.04 Å². The largest absolute Gasteiger partial charge is 0.314 e. The first-order valence-corrected chi connectivity index (χ1v) is 8.40. The van der Waals surface area contributed by atoms with Crippen molar-refractivity contribution in [3.63, 3.8) is 0 Å². The lowest BCUT2D eigenvalue weighted by Gasteiger charge is -2.32. The maximum atomic E-state index is 4.61. The van der Waals surface area contributed by atoms with Crippen molar-refractivity contribution in [3.05, 3.63) is 15.9 Å². The molecule has 2 unspecified atom stereocenters. The summed E-state index contributed by atoms with van der Waals surface area (Å²) in [5.74, 6) is 0.755. The van der Waals surface area contributed by atoms with Crippen LogP contribution in [0.3, 0.4) is 0 Å². The van der Waals surface area contributed by atoms with Gasteiger partial charge in [0.15, 0.2) is 0 Å². The molecule has 0 saturated heterocycles. The molecule has 1 aliphatic carbocycles. The first kappa shape index (κ1) is 15.0. The Morgan fingerprint density at radius 1 is 1.32 bits per heavy atom. The molecule has 3 nitrogen and oxygen atoms in total. The molecule has 1 N–H and O–H groups in total. The summed E-state index contributed by atoms with van der Waals surface area (Å²) in [6.07, 6.45) is 7.56. The summed E-state index contributed by atoms with van der Waals surface area (Å²) in [5, 5.41) is 8.28. The number of aryl methyl sites for hydroxylation is 2. The van der Waals surface area contributed by atoms with E-state index >= 15 is 0 Å². The third kappa shape index (κ3) is 3.40. The standard InChI is InChI=1S/C15H26BrN3/c1-4-12-15(16)14(19(3)18-12)10-11-8-6-7-9-13(11)17-5-2/h11,13,17H,4-10H2,1-3H3. The number of rotatable bonds is 5. The molecule has 19 heavy (non-hydrogen) atoms. The highest BCUT2D eigenvalue weighted by Gasteiger charge is 2.26. The van der Waals surface area contributed by atoms with E-state index in [9.17, 15) is 0 Å². The molecule has 0 amide bonds. The van der Waals surface area contributed by atoms with Gasteiger partial charge in [-0.15, -0.1) is 0 Å². The highest BCUT2D eigenvalue weighted by molar-refractivity contribution is 9.10. The lowest BCUT2D eigenvalue weighted by molar-refractivity contribution is 0.260. The average molecular weight is 328 g/mol. The molecule has 1 aliphatic rings. The minimum absolute atomic E-state index is 0.686. The van der Waals surface area contributed by atoms with Gasteiger partial charge in [0.25, 0.3) is 0 Å². The minimum Gasteiger partial charge on any atom is -0.314 e. The van der Waals surface area contributed by atoms with Gasteiger partial charge in [-0.2, -0.15) is 5.10 Å². The van der Waals surface area contributed by atoms with E-state index in [1.165, 1.54) is 41.5 Å².